The van der Waals surface area contributed by atoms with E-state index < -0.39 is 0 Å². The first-order valence-electron chi connectivity index (χ1n) is 4.52. The Morgan fingerprint density at radius 2 is 1.69 bits per heavy atom. The van der Waals surface area contributed by atoms with Crippen LogP contribution in [0, 0.1) is 0 Å². The Hall–Kier alpha value is -1.02. The molecule has 0 amide bonds. The van der Waals surface area contributed by atoms with Crippen LogP contribution in [0.15, 0.2) is 35.2 Å². The van der Waals surface area contributed by atoms with Gasteiger partial charge in [0.1, 0.15) is 0 Å². The van der Waals surface area contributed by atoms with Crippen LogP contribution in [0.25, 0.3) is 0 Å². The predicted octanol–water partition coefficient (Wildman–Crippen LogP) is 2.96. The van der Waals surface area contributed by atoms with Crippen molar-refractivity contribution in [1.29, 1.82) is 0 Å². The van der Waals surface area contributed by atoms with E-state index in [9.17, 15) is 0 Å². The van der Waals surface area contributed by atoms with Gasteiger partial charge in [-0.2, -0.15) is 0 Å². The van der Waals surface area contributed by atoms with Gasteiger partial charge in [0.15, 0.2) is 0 Å². The molecule has 0 aromatic heterocycles. The minimum Gasteiger partial charge on any atom is -0.284 e. The number of hydrazine groups is 1. The molecule has 0 spiro atoms. The molecule has 2 nitrogen and oxygen atoms in total. The van der Waals surface area contributed by atoms with Crippen LogP contribution in [0.5, 0.6) is 0 Å². The smallest absolute Gasteiger partial charge is 0.0525 e. The zero-order valence-electron chi connectivity index (χ0n) is 9.26. The van der Waals surface area contributed by atoms with Crippen LogP contribution in [0.4, 0.5) is 0 Å². The number of nitrogens with zero attached hydrogens (tertiary/aromatic N) is 1. The Kier molecular flexibility index (Phi) is 5.16. The summed E-state index contributed by atoms with van der Waals surface area (Å²) in [6.45, 7) is 10.1. The van der Waals surface area contributed by atoms with Crippen molar-refractivity contribution in [3.05, 3.63) is 35.2 Å². The van der Waals surface area contributed by atoms with Crippen molar-refractivity contribution >= 4 is 0 Å². The topological polar surface area (TPSA) is 29.3 Å². The van der Waals surface area contributed by atoms with E-state index in [1.165, 1.54) is 5.57 Å². The Morgan fingerprint density at radius 3 is 2.00 bits per heavy atom. The second kappa shape index (κ2) is 5.60. The average molecular weight is 180 g/mol. The first kappa shape index (κ1) is 12.0. The highest BCUT2D eigenvalue weighted by Gasteiger charge is 2.03. The van der Waals surface area contributed by atoms with Gasteiger partial charge in [-0.1, -0.05) is 17.7 Å². The lowest BCUT2D eigenvalue weighted by molar-refractivity contribution is 0.458. The first-order chi connectivity index (χ1) is 6.04. The quantitative estimate of drug-likeness (QED) is 0.411. The highest BCUT2D eigenvalue weighted by Crippen LogP contribution is 2.12. The summed E-state index contributed by atoms with van der Waals surface area (Å²) < 4.78 is 0. The van der Waals surface area contributed by atoms with Gasteiger partial charge in [-0.25, -0.2) is 5.84 Å². The van der Waals surface area contributed by atoms with Gasteiger partial charge in [0.2, 0.25) is 0 Å². The van der Waals surface area contributed by atoms with E-state index in [0.29, 0.717) is 0 Å². The van der Waals surface area contributed by atoms with Crippen molar-refractivity contribution in [2.45, 2.75) is 34.6 Å². The number of allylic oxidation sites excluding steroid dienone is 5. The van der Waals surface area contributed by atoms with Crippen molar-refractivity contribution in [2.24, 2.45) is 5.84 Å². The summed E-state index contributed by atoms with van der Waals surface area (Å²) in [7, 11) is 0. The zero-order chi connectivity index (χ0) is 10.4. The summed E-state index contributed by atoms with van der Waals surface area (Å²) >= 11 is 0. The number of nitrogens with two attached hydrogens (primary N) is 1. The number of hydrogen-bond donors (Lipinski definition) is 1. The monoisotopic (exact) mass is 180 g/mol. The van der Waals surface area contributed by atoms with E-state index >= 15 is 0 Å². The number of rotatable bonds is 3. The summed E-state index contributed by atoms with van der Waals surface area (Å²) in [6, 6.07) is 0. The van der Waals surface area contributed by atoms with Gasteiger partial charge >= 0.3 is 0 Å². The molecule has 0 aliphatic heterocycles. The lowest BCUT2D eigenvalue weighted by atomic mass is 10.2. The zero-order valence-corrected chi connectivity index (χ0v) is 9.26. The standard InChI is InChI=1S/C11H20N2/c1-6-8-11(7-2)13(12)10(5)9(3)4/h6-8H,12H2,1-5H3/b8-6-,11-7+. The third-order valence-corrected chi connectivity index (χ3v) is 2.00. The molecule has 0 saturated carbocycles. The molecule has 0 radical (unpaired) electrons. The molecule has 0 atom stereocenters. The Morgan fingerprint density at radius 1 is 1.15 bits per heavy atom. The van der Waals surface area contributed by atoms with Crippen LogP contribution < -0.4 is 5.84 Å². The summed E-state index contributed by atoms with van der Waals surface area (Å²) in [4.78, 5) is 0. The minimum absolute atomic E-state index is 1.02. The van der Waals surface area contributed by atoms with Crippen molar-refractivity contribution < 1.29 is 0 Å². The van der Waals surface area contributed by atoms with E-state index in [0.717, 1.165) is 11.4 Å². The lowest BCUT2D eigenvalue weighted by Crippen LogP contribution is -2.28. The van der Waals surface area contributed by atoms with Gasteiger partial charge in [0.05, 0.1) is 5.70 Å². The lowest BCUT2D eigenvalue weighted by Gasteiger charge is -2.21. The maximum atomic E-state index is 5.91. The average Bonchev–Trinajstić information content (AvgIpc) is 2.11. The largest absolute Gasteiger partial charge is 0.284 e. The van der Waals surface area contributed by atoms with Crippen molar-refractivity contribution in [3.8, 4) is 0 Å². The summed E-state index contributed by atoms with van der Waals surface area (Å²) in [5.41, 5.74) is 3.33. The van der Waals surface area contributed by atoms with Crippen LogP contribution in [0.3, 0.4) is 0 Å². The summed E-state index contributed by atoms with van der Waals surface area (Å²) in [5, 5.41) is 1.70. The summed E-state index contributed by atoms with van der Waals surface area (Å²) in [6.07, 6.45) is 5.96. The molecule has 2 N–H and O–H groups in total. The van der Waals surface area contributed by atoms with E-state index in [-0.39, 0.29) is 0 Å². The minimum atomic E-state index is 1.02. The van der Waals surface area contributed by atoms with E-state index in [2.05, 4.69) is 13.8 Å². The van der Waals surface area contributed by atoms with Gasteiger partial charge in [0.25, 0.3) is 0 Å². The third-order valence-electron chi connectivity index (χ3n) is 2.00. The van der Waals surface area contributed by atoms with Gasteiger partial charge in [0, 0.05) is 5.70 Å². The molecular weight excluding hydrogens is 160 g/mol. The molecule has 0 saturated heterocycles. The Labute approximate surface area is 81.4 Å². The molecule has 74 valence electrons. The molecule has 0 aliphatic rings. The third kappa shape index (κ3) is 3.47. The van der Waals surface area contributed by atoms with Crippen molar-refractivity contribution in [2.75, 3.05) is 0 Å². The second-order valence-corrected chi connectivity index (χ2v) is 3.17. The van der Waals surface area contributed by atoms with Crippen molar-refractivity contribution in [3.63, 3.8) is 0 Å². The molecule has 0 bridgehead atoms. The molecule has 13 heavy (non-hydrogen) atoms. The number of hydrogen-bond acceptors (Lipinski definition) is 2. The highest BCUT2D eigenvalue weighted by molar-refractivity contribution is 5.22. The normalized spacial score (nSPS) is 12.0. The maximum Gasteiger partial charge on any atom is 0.0525 e. The maximum absolute atomic E-state index is 5.91. The molecule has 0 aliphatic carbocycles. The van der Waals surface area contributed by atoms with Gasteiger partial charge in [-0.3, -0.25) is 5.01 Å². The molecule has 0 aromatic carbocycles. The van der Waals surface area contributed by atoms with Crippen LogP contribution in [0.2, 0.25) is 0 Å². The molecule has 0 fully saturated rings. The Bertz CT molecular complexity index is 243. The van der Waals surface area contributed by atoms with Crippen LogP contribution in [0.1, 0.15) is 34.6 Å². The highest BCUT2D eigenvalue weighted by atomic mass is 15.4. The first-order valence-corrected chi connectivity index (χ1v) is 4.52. The van der Waals surface area contributed by atoms with E-state index in [1.807, 2.05) is 39.0 Å². The molecular formula is C11H20N2. The molecule has 0 aromatic rings. The van der Waals surface area contributed by atoms with E-state index in [1.54, 1.807) is 5.01 Å². The molecule has 0 rings (SSSR count). The second-order valence-electron chi connectivity index (χ2n) is 3.17. The fourth-order valence-electron chi connectivity index (χ4n) is 0.921. The fourth-order valence-corrected chi connectivity index (χ4v) is 0.921. The van der Waals surface area contributed by atoms with Crippen LogP contribution in [-0.2, 0) is 0 Å². The SMILES string of the molecule is C/C=C\C(=C/C)N(N)C(C)=C(C)C. The Balaban J connectivity index is 4.78. The fraction of sp³-hybridized carbons (Fsp3) is 0.455. The van der Waals surface area contributed by atoms with Gasteiger partial charge in [-0.15, -0.1) is 0 Å². The van der Waals surface area contributed by atoms with E-state index in [4.69, 9.17) is 5.84 Å². The molecule has 2 heteroatoms. The van der Waals surface area contributed by atoms with Crippen LogP contribution in [-0.4, -0.2) is 5.01 Å². The molecule has 0 unspecified atom stereocenters. The van der Waals surface area contributed by atoms with Gasteiger partial charge in [-0.05, 0) is 40.7 Å². The van der Waals surface area contributed by atoms with Crippen molar-refractivity contribution in [1.82, 2.24) is 5.01 Å². The molecule has 0 heterocycles. The van der Waals surface area contributed by atoms with Gasteiger partial charge < -0.3 is 0 Å². The predicted molar refractivity (Wildman–Crippen MR) is 58.6 cm³/mol. The van der Waals surface area contributed by atoms with Crippen LogP contribution >= 0.6 is 0 Å². The summed E-state index contributed by atoms with van der Waals surface area (Å²) in [5.74, 6) is 5.91.